The largest absolute Gasteiger partial charge is 0.325 e. The van der Waals surface area contributed by atoms with E-state index in [-0.39, 0.29) is 12.5 Å². The number of hydrogen-bond acceptors (Lipinski definition) is 7. The number of hydrogen-bond donors (Lipinski definition) is 2. The zero-order valence-electron chi connectivity index (χ0n) is 15.0. The molecule has 4 rings (SSSR count). The fourth-order valence-electron chi connectivity index (χ4n) is 3.48. The summed E-state index contributed by atoms with van der Waals surface area (Å²) < 4.78 is 0.735. The van der Waals surface area contributed by atoms with Gasteiger partial charge in [-0.1, -0.05) is 66.3 Å². The van der Waals surface area contributed by atoms with Crippen LogP contribution in [-0.2, 0) is 15.3 Å². The second-order valence-electron chi connectivity index (χ2n) is 6.81. The molecule has 1 aliphatic heterocycles. The van der Waals surface area contributed by atoms with E-state index < -0.39 is 17.5 Å². The van der Waals surface area contributed by atoms with Gasteiger partial charge in [0.05, 0.1) is 0 Å². The van der Waals surface area contributed by atoms with Crippen molar-refractivity contribution in [1.29, 1.82) is 0 Å². The number of carbonyl (C=O) groups is 3. The van der Waals surface area contributed by atoms with Gasteiger partial charge < -0.3 is 5.32 Å². The van der Waals surface area contributed by atoms with Crippen LogP contribution in [0.4, 0.5) is 9.93 Å². The van der Waals surface area contributed by atoms with E-state index in [1.807, 2.05) is 30.3 Å². The Morgan fingerprint density at radius 2 is 1.96 bits per heavy atom. The molecule has 4 amide bonds. The minimum atomic E-state index is -0.804. The zero-order chi connectivity index (χ0) is 19.6. The second-order valence-corrected chi connectivity index (χ2v) is 9.01. The Morgan fingerprint density at radius 1 is 1.21 bits per heavy atom. The quantitative estimate of drug-likeness (QED) is 0.425. The van der Waals surface area contributed by atoms with E-state index in [0.29, 0.717) is 18.0 Å². The first-order valence-electron chi connectivity index (χ1n) is 9.00. The highest BCUT2D eigenvalue weighted by Crippen LogP contribution is 2.35. The number of benzene rings is 1. The molecule has 1 aliphatic carbocycles. The van der Waals surface area contributed by atoms with Crippen molar-refractivity contribution in [3.63, 3.8) is 0 Å². The molecule has 1 aromatic heterocycles. The molecular formula is C18H19N5O3S2. The minimum Gasteiger partial charge on any atom is -0.323 e. The van der Waals surface area contributed by atoms with Crippen LogP contribution >= 0.6 is 23.1 Å². The van der Waals surface area contributed by atoms with Crippen molar-refractivity contribution in [3.8, 4) is 0 Å². The van der Waals surface area contributed by atoms with Crippen molar-refractivity contribution < 1.29 is 14.4 Å². The van der Waals surface area contributed by atoms with Crippen LogP contribution in [-0.4, -0.2) is 45.0 Å². The molecule has 1 saturated heterocycles. The Morgan fingerprint density at radius 3 is 2.71 bits per heavy atom. The smallest absolute Gasteiger partial charge is 0.323 e. The number of urea groups is 1. The third-order valence-electron chi connectivity index (χ3n) is 4.86. The van der Waals surface area contributed by atoms with Gasteiger partial charge in [-0.15, -0.1) is 10.2 Å². The maximum absolute atomic E-state index is 12.6. The number of rotatable bonds is 6. The Balaban J connectivity index is 1.31. The number of nitrogens with one attached hydrogen (secondary N) is 2. The van der Waals surface area contributed by atoms with Gasteiger partial charge in [0, 0.05) is 5.75 Å². The van der Waals surface area contributed by atoms with Crippen molar-refractivity contribution >= 4 is 46.1 Å². The summed E-state index contributed by atoms with van der Waals surface area (Å²) in [6.07, 6.45) is 3.07. The van der Waals surface area contributed by atoms with Crippen LogP contribution in [0.5, 0.6) is 0 Å². The van der Waals surface area contributed by atoms with Crippen LogP contribution in [0, 0.1) is 0 Å². The minimum absolute atomic E-state index is 0.304. The third kappa shape index (κ3) is 3.88. The Bertz CT molecular complexity index is 896. The molecular weight excluding hydrogens is 398 g/mol. The van der Waals surface area contributed by atoms with E-state index >= 15 is 0 Å². The van der Waals surface area contributed by atoms with Crippen molar-refractivity contribution in [2.24, 2.45) is 0 Å². The van der Waals surface area contributed by atoms with Crippen molar-refractivity contribution in [2.45, 2.75) is 41.3 Å². The molecule has 0 radical (unpaired) electrons. The van der Waals surface area contributed by atoms with E-state index in [0.717, 1.165) is 27.8 Å². The molecule has 10 heteroatoms. The summed E-state index contributed by atoms with van der Waals surface area (Å²) in [5.74, 6) is -0.00986. The molecule has 2 aliphatic rings. The van der Waals surface area contributed by atoms with Gasteiger partial charge >= 0.3 is 6.03 Å². The lowest BCUT2D eigenvalue weighted by atomic mass is 9.98. The summed E-state index contributed by atoms with van der Waals surface area (Å²) in [7, 11) is 0. The van der Waals surface area contributed by atoms with Crippen LogP contribution in [0.3, 0.4) is 0 Å². The van der Waals surface area contributed by atoms with Gasteiger partial charge in [0.25, 0.3) is 5.91 Å². The van der Waals surface area contributed by atoms with Gasteiger partial charge in [0.2, 0.25) is 11.0 Å². The van der Waals surface area contributed by atoms with E-state index in [1.165, 1.54) is 28.7 Å². The number of amides is 4. The van der Waals surface area contributed by atoms with Crippen LogP contribution in [0.2, 0.25) is 0 Å². The molecule has 0 bridgehead atoms. The lowest BCUT2D eigenvalue weighted by Crippen LogP contribution is -2.44. The van der Waals surface area contributed by atoms with E-state index in [9.17, 15) is 14.4 Å². The van der Waals surface area contributed by atoms with E-state index in [2.05, 4.69) is 20.8 Å². The van der Waals surface area contributed by atoms with Gasteiger partial charge in [-0.3, -0.25) is 19.8 Å². The lowest BCUT2D eigenvalue weighted by Gasteiger charge is -2.19. The fraction of sp³-hybridized carbons (Fsp3) is 0.389. The Labute approximate surface area is 170 Å². The predicted octanol–water partition coefficient (Wildman–Crippen LogP) is 2.63. The Kier molecular flexibility index (Phi) is 5.31. The second kappa shape index (κ2) is 7.88. The highest BCUT2D eigenvalue weighted by molar-refractivity contribution is 8.00. The average Bonchev–Trinajstić information content (AvgIpc) is 3.39. The first-order valence-corrected chi connectivity index (χ1v) is 10.8. The molecule has 8 nitrogen and oxygen atoms in total. The van der Waals surface area contributed by atoms with Gasteiger partial charge in [-0.2, -0.15) is 0 Å². The monoisotopic (exact) mass is 417 g/mol. The number of nitrogens with zero attached hydrogens (tertiary/aromatic N) is 3. The topological polar surface area (TPSA) is 104 Å². The zero-order valence-corrected chi connectivity index (χ0v) is 16.6. The molecule has 28 heavy (non-hydrogen) atoms. The average molecular weight is 418 g/mol. The van der Waals surface area contributed by atoms with Crippen LogP contribution < -0.4 is 10.6 Å². The van der Waals surface area contributed by atoms with E-state index in [4.69, 9.17) is 0 Å². The van der Waals surface area contributed by atoms with Gasteiger partial charge in [0.15, 0.2) is 4.34 Å². The van der Waals surface area contributed by atoms with Crippen molar-refractivity contribution in [2.75, 3.05) is 11.9 Å². The highest BCUT2D eigenvalue weighted by Gasteiger charge is 2.52. The number of aromatic nitrogens is 2. The molecule has 146 valence electrons. The molecule has 1 spiro atoms. The first-order chi connectivity index (χ1) is 13.6. The molecule has 0 atom stereocenters. The van der Waals surface area contributed by atoms with Crippen LogP contribution in [0.15, 0.2) is 34.7 Å². The number of carbonyl (C=O) groups excluding carboxylic acids is 3. The highest BCUT2D eigenvalue weighted by atomic mass is 32.2. The van der Waals surface area contributed by atoms with Gasteiger partial charge in [0.1, 0.15) is 12.1 Å². The predicted molar refractivity (Wildman–Crippen MR) is 106 cm³/mol. The molecule has 0 unspecified atom stereocenters. The van der Waals surface area contributed by atoms with Gasteiger partial charge in [-0.05, 0) is 18.4 Å². The van der Waals surface area contributed by atoms with Crippen molar-refractivity contribution in [3.05, 3.63) is 35.9 Å². The summed E-state index contributed by atoms with van der Waals surface area (Å²) in [5, 5.41) is 13.8. The summed E-state index contributed by atoms with van der Waals surface area (Å²) in [5.41, 5.74) is 0.370. The molecule has 2 aromatic rings. The van der Waals surface area contributed by atoms with Crippen LogP contribution in [0.1, 0.15) is 31.2 Å². The van der Waals surface area contributed by atoms with Crippen molar-refractivity contribution in [1.82, 2.24) is 20.4 Å². The van der Waals surface area contributed by atoms with Gasteiger partial charge in [-0.25, -0.2) is 4.79 Å². The fourth-order valence-corrected chi connectivity index (χ4v) is 5.20. The number of thioether (sulfide) groups is 1. The summed E-state index contributed by atoms with van der Waals surface area (Å²) >= 11 is 2.80. The van der Waals surface area contributed by atoms with E-state index in [1.54, 1.807) is 0 Å². The lowest BCUT2D eigenvalue weighted by molar-refractivity contribution is -0.133. The molecule has 2 N–H and O–H groups in total. The maximum Gasteiger partial charge on any atom is 0.325 e. The van der Waals surface area contributed by atoms with Crippen LogP contribution in [0.25, 0.3) is 0 Å². The summed E-state index contributed by atoms with van der Waals surface area (Å²) in [6, 6.07) is 9.49. The molecule has 2 fully saturated rings. The summed E-state index contributed by atoms with van der Waals surface area (Å²) in [4.78, 5) is 38.0. The SMILES string of the molecule is O=C(CN1C(=O)NC2(CCCC2)C1=O)Nc1nnc(SCc2ccccc2)s1. The first kappa shape index (κ1) is 18.9. The number of imide groups is 1. The maximum atomic E-state index is 12.6. The molecule has 1 saturated carbocycles. The summed E-state index contributed by atoms with van der Waals surface area (Å²) in [6.45, 7) is -0.321. The Hall–Kier alpha value is -2.46. The molecule has 1 aromatic carbocycles. The standard InChI is InChI=1S/C18H19N5O3S2/c24-13(10-23-14(25)18(20-16(23)26)8-4-5-9-18)19-15-21-22-17(28-15)27-11-12-6-2-1-3-7-12/h1-3,6-7H,4-5,8-11H2,(H,20,26)(H,19,21,24). The number of anilines is 1. The normalized spacial score (nSPS) is 17.9. The molecule has 2 heterocycles. The third-order valence-corrected chi connectivity index (χ3v) is 6.91.